The van der Waals surface area contributed by atoms with Crippen molar-refractivity contribution in [2.45, 2.75) is 38.8 Å². The van der Waals surface area contributed by atoms with E-state index < -0.39 is 5.82 Å². The number of carbonyl (C=O) groups excluding carboxylic acids is 1. The van der Waals surface area contributed by atoms with Crippen LogP contribution in [-0.2, 0) is 9.53 Å². The first-order valence-electron chi connectivity index (χ1n) is 7.69. The summed E-state index contributed by atoms with van der Waals surface area (Å²) in [4.78, 5) is 11.9. The topological polar surface area (TPSA) is 76.4 Å². The van der Waals surface area contributed by atoms with Gasteiger partial charge in [-0.2, -0.15) is 0 Å². The SMILES string of the molecule is CC(N)C(C)C(=O)Nc1ccc(NCC2CCCO2)c(F)c1. The van der Waals surface area contributed by atoms with E-state index in [9.17, 15) is 9.18 Å². The number of anilines is 2. The Balaban J connectivity index is 1.92. The minimum atomic E-state index is -0.399. The zero-order valence-corrected chi connectivity index (χ0v) is 13.1. The fourth-order valence-corrected chi connectivity index (χ4v) is 2.26. The number of rotatable bonds is 6. The van der Waals surface area contributed by atoms with Gasteiger partial charge in [0.2, 0.25) is 5.91 Å². The molecule has 0 saturated carbocycles. The number of hydrogen-bond acceptors (Lipinski definition) is 4. The van der Waals surface area contributed by atoms with Crippen molar-refractivity contribution in [1.82, 2.24) is 0 Å². The van der Waals surface area contributed by atoms with Crippen LogP contribution in [0, 0.1) is 11.7 Å². The van der Waals surface area contributed by atoms with Crippen LogP contribution < -0.4 is 16.4 Å². The van der Waals surface area contributed by atoms with E-state index in [2.05, 4.69) is 10.6 Å². The van der Waals surface area contributed by atoms with Gasteiger partial charge < -0.3 is 21.1 Å². The molecule has 0 radical (unpaired) electrons. The maximum absolute atomic E-state index is 14.1. The van der Waals surface area contributed by atoms with Gasteiger partial charge in [-0.05, 0) is 38.0 Å². The smallest absolute Gasteiger partial charge is 0.228 e. The first-order valence-corrected chi connectivity index (χ1v) is 7.69. The summed E-state index contributed by atoms with van der Waals surface area (Å²) in [7, 11) is 0. The van der Waals surface area contributed by atoms with Crippen molar-refractivity contribution in [1.29, 1.82) is 0 Å². The summed E-state index contributed by atoms with van der Waals surface area (Å²) in [5.41, 5.74) is 6.53. The summed E-state index contributed by atoms with van der Waals surface area (Å²) < 4.78 is 19.5. The van der Waals surface area contributed by atoms with Crippen molar-refractivity contribution in [2.24, 2.45) is 11.7 Å². The molecule has 1 aromatic rings. The van der Waals surface area contributed by atoms with Crippen LogP contribution in [0.15, 0.2) is 18.2 Å². The van der Waals surface area contributed by atoms with E-state index in [0.717, 1.165) is 19.4 Å². The van der Waals surface area contributed by atoms with Gasteiger partial charge in [-0.15, -0.1) is 0 Å². The predicted molar refractivity (Wildman–Crippen MR) is 85.3 cm³/mol. The summed E-state index contributed by atoms with van der Waals surface area (Å²) in [6, 6.07) is 4.35. The summed E-state index contributed by atoms with van der Waals surface area (Å²) in [5.74, 6) is -0.945. The minimum Gasteiger partial charge on any atom is -0.380 e. The molecule has 0 aliphatic carbocycles. The van der Waals surface area contributed by atoms with E-state index in [1.807, 2.05) is 0 Å². The van der Waals surface area contributed by atoms with Gasteiger partial charge in [-0.25, -0.2) is 4.39 Å². The van der Waals surface area contributed by atoms with Crippen molar-refractivity contribution in [3.8, 4) is 0 Å². The molecule has 3 unspecified atom stereocenters. The molecule has 1 amide bonds. The molecule has 0 bridgehead atoms. The first kappa shape index (κ1) is 16.7. The van der Waals surface area contributed by atoms with Crippen molar-refractivity contribution in [3.05, 3.63) is 24.0 Å². The van der Waals surface area contributed by atoms with E-state index in [4.69, 9.17) is 10.5 Å². The first-order chi connectivity index (χ1) is 10.5. The van der Waals surface area contributed by atoms with Gasteiger partial charge in [0.15, 0.2) is 0 Å². The highest BCUT2D eigenvalue weighted by atomic mass is 19.1. The third-order valence-corrected chi connectivity index (χ3v) is 3.98. The highest BCUT2D eigenvalue weighted by molar-refractivity contribution is 5.92. The Bertz CT molecular complexity index is 516. The third kappa shape index (κ3) is 4.42. The molecule has 4 N–H and O–H groups in total. The minimum absolute atomic E-state index is 0.144. The van der Waals surface area contributed by atoms with Gasteiger partial charge in [0.25, 0.3) is 0 Å². The van der Waals surface area contributed by atoms with Crippen molar-refractivity contribution < 1.29 is 13.9 Å². The molecule has 1 aliphatic rings. The second-order valence-electron chi connectivity index (χ2n) is 5.85. The Morgan fingerprint density at radius 2 is 2.27 bits per heavy atom. The molecule has 3 atom stereocenters. The quantitative estimate of drug-likeness (QED) is 0.754. The Hall–Kier alpha value is -1.66. The number of nitrogens with two attached hydrogens (primary N) is 1. The number of benzene rings is 1. The Kier molecular flexibility index (Phi) is 5.74. The van der Waals surface area contributed by atoms with E-state index in [-0.39, 0.29) is 24.0 Å². The van der Waals surface area contributed by atoms with Crippen LogP contribution in [0.3, 0.4) is 0 Å². The molecule has 1 aromatic carbocycles. The van der Waals surface area contributed by atoms with Crippen molar-refractivity contribution in [3.63, 3.8) is 0 Å². The molecule has 1 heterocycles. The largest absolute Gasteiger partial charge is 0.380 e. The second kappa shape index (κ2) is 7.56. The monoisotopic (exact) mass is 309 g/mol. The Labute approximate surface area is 130 Å². The molecule has 22 heavy (non-hydrogen) atoms. The van der Waals surface area contributed by atoms with Crippen LogP contribution in [0.5, 0.6) is 0 Å². The Morgan fingerprint density at radius 1 is 1.50 bits per heavy atom. The van der Waals surface area contributed by atoms with Crippen LogP contribution in [0.2, 0.25) is 0 Å². The fourth-order valence-electron chi connectivity index (χ4n) is 2.26. The molecular weight excluding hydrogens is 285 g/mol. The summed E-state index contributed by atoms with van der Waals surface area (Å²) >= 11 is 0. The van der Waals surface area contributed by atoms with Crippen LogP contribution in [0.25, 0.3) is 0 Å². The molecule has 1 fully saturated rings. The molecule has 0 spiro atoms. The highest BCUT2D eigenvalue weighted by Crippen LogP contribution is 2.21. The molecule has 5 nitrogen and oxygen atoms in total. The van der Waals surface area contributed by atoms with Crippen LogP contribution in [0.4, 0.5) is 15.8 Å². The molecule has 2 rings (SSSR count). The highest BCUT2D eigenvalue weighted by Gasteiger charge is 2.18. The number of hydrogen-bond donors (Lipinski definition) is 3. The maximum Gasteiger partial charge on any atom is 0.228 e. The third-order valence-electron chi connectivity index (χ3n) is 3.98. The van der Waals surface area contributed by atoms with E-state index in [1.54, 1.807) is 26.0 Å². The average Bonchev–Trinajstić information content (AvgIpc) is 2.98. The van der Waals surface area contributed by atoms with Crippen LogP contribution in [0.1, 0.15) is 26.7 Å². The number of carbonyl (C=O) groups is 1. The molecule has 0 aromatic heterocycles. The number of halogens is 1. The van der Waals surface area contributed by atoms with Gasteiger partial charge >= 0.3 is 0 Å². The number of amides is 1. The van der Waals surface area contributed by atoms with E-state index in [1.165, 1.54) is 6.07 Å². The predicted octanol–water partition coefficient (Wildman–Crippen LogP) is 2.34. The average molecular weight is 309 g/mol. The van der Waals surface area contributed by atoms with Gasteiger partial charge in [-0.1, -0.05) is 6.92 Å². The maximum atomic E-state index is 14.1. The van der Waals surface area contributed by atoms with Crippen molar-refractivity contribution >= 4 is 17.3 Å². The number of ether oxygens (including phenoxy) is 1. The molecular formula is C16H24FN3O2. The van der Waals surface area contributed by atoms with Gasteiger partial charge in [0.1, 0.15) is 5.82 Å². The lowest BCUT2D eigenvalue weighted by Gasteiger charge is -2.16. The normalized spacial score (nSPS) is 20.5. The van der Waals surface area contributed by atoms with Crippen LogP contribution >= 0.6 is 0 Å². The summed E-state index contributed by atoms with van der Waals surface area (Å²) in [5, 5.41) is 5.72. The zero-order chi connectivity index (χ0) is 16.1. The second-order valence-corrected chi connectivity index (χ2v) is 5.85. The van der Waals surface area contributed by atoms with E-state index in [0.29, 0.717) is 17.9 Å². The lowest BCUT2D eigenvalue weighted by atomic mass is 10.0. The van der Waals surface area contributed by atoms with Gasteiger partial charge in [0.05, 0.1) is 17.7 Å². The van der Waals surface area contributed by atoms with E-state index >= 15 is 0 Å². The zero-order valence-electron chi connectivity index (χ0n) is 13.1. The molecule has 1 saturated heterocycles. The van der Waals surface area contributed by atoms with Crippen LogP contribution in [-0.4, -0.2) is 31.2 Å². The Morgan fingerprint density at radius 3 is 2.86 bits per heavy atom. The van der Waals surface area contributed by atoms with Gasteiger partial charge in [0, 0.05) is 24.9 Å². The molecule has 122 valence electrons. The lowest BCUT2D eigenvalue weighted by Crippen LogP contribution is -2.34. The summed E-state index contributed by atoms with van der Waals surface area (Å²) in [6.45, 7) is 4.87. The van der Waals surface area contributed by atoms with Crippen molar-refractivity contribution in [2.75, 3.05) is 23.8 Å². The molecule has 1 aliphatic heterocycles. The number of nitrogens with one attached hydrogen (secondary N) is 2. The standard InChI is InChI=1S/C16H24FN3O2/c1-10(11(2)18)16(21)20-12-5-6-15(14(17)8-12)19-9-13-4-3-7-22-13/h5-6,8,10-11,13,19H,3-4,7,9,18H2,1-2H3,(H,20,21). The lowest BCUT2D eigenvalue weighted by molar-refractivity contribution is -0.119. The fraction of sp³-hybridized carbons (Fsp3) is 0.562. The van der Waals surface area contributed by atoms with Gasteiger partial charge in [-0.3, -0.25) is 4.79 Å². The summed E-state index contributed by atoms with van der Waals surface area (Å²) in [6.07, 6.45) is 2.20. The molecule has 6 heteroatoms.